The molecule has 0 saturated carbocycles. The molecular weight excluding hydrogens is 320 g/mol. The zero-order chi connectivity index (χ0) is 16.9. The molecule has 0 spiro atoms. The number of hydrogen-bond acceptors (Lipinski definition) is 4. The van der Waals surface area contributed by atoms with Gasteiger partial charge < -0.3 is 15.5 Å². The van der Waals surface area contributed by atoms with Gasteiger partial charge in [0.25, 0.3) is 0 Å². The average molecular weight is 342 g/mol. The van der Waals surface area contributed by atoms with Crippen LogP contribution in [0.5, 0.6) is 0 Å². The predicted molar refractivity (Wildman–Crippen MR) is 98.5 cm³/mol. The molecule has 2 heterocycles. The molecule has 2 N–H and O–H groups in total. The number of hydrogen-bond donors (Lipinski definition) is 2. The number of carbonyl (C=O) groups is 1. The number of aromatic nitrogens is 1. The molecule has 0 bridgehead atoms. The Hall–Kier alpha value is -2.21. The highest BCUT2D eigenvalue weighted by molar-refractivity contribution is 7.99. The summed E-state index contributed by atoms with van der Waals surface area (Å²) in [7, 11) is 3.90. The van der Waals surface area contributed by atoms with Crippen molar-refractivity contribution < 1.29 is 4.79 Å². The van der Waals surface area contributed by atoms with E-state index in [4.69, 9.17) is 0 Å². The van der Waals surface area contributed by atoms with Crippen LogP contribution in [-0.4, -0.2) is 30.9 Å². The predicted octanol–water partition coefficient (Wildman–Crippen LogP) is 3.18. The van der Waals surface area contributed by atoms with Crippen LogP contribution in [0.1, 0.15) is 23.7 Å². The minimum absolute atomic E-state index is 0.0727. The molecule has 1 aromatic heterocycles. The SMILES string of the molecule is CN(C)c1cccc(CNC(=O)NC2CCSc3ccccc32)n1. The molecule has 1 unspecified atom stereocenters. The smallest absolute Gasteiger partial charge is 0.315 e. The summed E-state index contributed by atoms with van der Waals surface area (Å²) in [5.74, 6) is 1.90. The molecule has 0 fully saturated rings. The second-order valence-electron chi connectivity index (χ2n) is 5.94. The lowest BCUT2D eigenvalue weighted by Crippen LogP contribution is -2.38. The van der Waals surface area contributed by atoms with E-state index in [1.165, 1.54) is 10.5 Å². The third kappa shape index (κ3) is 4.00. The Labute approximate surface area is 146 Å². The number of pyridine rings is 1. The number of thioether (sulfide) groups is 1. The lowest BCUT2D eigenvalue weighted by Gasteiger charge is -2.25. The van der Waals surface area contributed by atoms with Crippen LogP contribution < -0.4 is 15.5 Å². The first-order valence-corrected chi connectivity index (χ1v) is 9.01. The van der Waals surface area contributed by atoms with Crippen LogP contribution in [0.15, 0.2) is 47.4 Å². The van der Waals surface area contributed by atoms with Crippen LogP contribution in [-0.2, 0) is 6.54 Å². The van der Waals surface area contributed by atoms with E-state index in [9.17, 15) is 4.79 Å². The van der Waals surface area contributed by atoms with Crippen molar-refractivity contribution in [1.29, 1.82) is 0 Å². The monoisotopic (exact) mass is 342 g/mol. The highest BCUT2D eigenvalue weighted by atomic mass is 32.2. The second-order valence-corrected chi connectivity index (χ2v) is 7.07. The Morgan fingerprint density at radius 1 is 1.25 bits per heavy atom. The van der Waals surface area contributed by atoms with E-state index in [1.54, 1.807) is 0 Å². The van der Waals surface area contributed by atoms with Gasteiger partial charge in [-0.1, -0.05) is 24.3 Å². The van der Waals surface area contributed by atoms with Crippen molar-refractivity contribution in [3.63, 3.8) is 0 Å². The average Bonchev–Trinajstić information content (AvgIpc) is 2.60. The molecular formula is C18H22N4OS. The van der Waals surface area contributed by atoms with Crippen molar-refractivity contribution >= 4 is 23.6 Å². The number of nitrogens with zero attached hydrogens (tertiary/aromatic N) is 2. The van der Waals surface area contributed by atoms with E-state index in [0.29, 0.717) is 6.54 Å². The molecule has 126 valence electrons. The maximum Gasteiger partial charge on any atom is 0.315 e. The van der Waals surface area contributed by atoms with Crippen LogP contribution in [0.4, 0.5) is 10.6 Å². The van der Waals surface area contributed by atoms with Gasteiger partial charge in [0.2, 0.25) is 0 Å². The molecule has 1 atom stereocenters. The largest absolute Gasteiger partial charge is 0.363 e. The Kier molecular flexibility index (Phi) is 5.25. The first kappa shape index (κ1) is 16.6. The topological polar surface area (TPSA) is 57.3 Å². The summed E-state index contributed by atoms with van der Waals surface area (Å²) in [4.78, 5) is 20.0. The zero-order valence-electron chi connectivity index (χ0n) is 14.0. The molecule has 2 amide bonds. The van der Waals surface area contributed by atoms with E-state index in [1.807, 2.05) is 61.1 Å². The maximum atomic E-state index is 12.2. The molecule has 24 heavy (non-hydrogen) atoms. The van der Waals surface area contributed by atoms with Crippen molar-refractivity contribution in [3.05, 3.63) is 53.7 Å². The standard InChI is InChI=1S/C18H22N4OS/c1-22(2)17-9-5-6-13(20-17)12-19-18(23)21-15-10-11-24-16-8-4-3-7-14(15)16/h3-9,15H,10-12H2,1-2H3,(H2,19,21,23). The molecule has 1 aliphatic rings. The van der Waals surface area contributed by atoms with Crippen LogP contribution in [0.2, 0.25) is 0 Å². The van der Waals surface area contributed by atoms with Crippen LogP contribution in [0.25, 0.3) is 0 Å². The van der Waals surface area contributed by atoms with Crippen molar-refractivity contribution in [1.82, 2.24) is 15.6 Å². The molecule has 1 aromatic carbocycles. The van der Waals surface area contributed by atoms with Crippen molar-refractivity contribution in [2.75, 3.05) is 24.7 Å². The number of nitrogens with one attached hydrogen (secondary N) is 2. The molecule has 2 aromatic rings. The van der Waals surface area contributed by atoms with E-state index < -0.39 is 0 Å². The van der Waals surface area contributed by atoms with E-state index in [2.05, 4.69) is 27.8 Å². The van der Waals surface area contributed by atoms with Gasteiger partial charge in [0.1, 0.15) is 5.82 Å². The summed E-state index contributed by atoms with van der Waals surface area (Å²) in [6, 6.07) is 14.0. The Bertz CT molecular complexity index is 720. The van der Waals surface area contributed by atoms with Gasteiger partial charge in [-0.3, -0.25) is 0 Å². The first-order valence-electron chi connectivity index (χ1n) is 8.03. The van der Waals surface area contributed by atoms with Crippen molar-refractivity contribution in [3.8, 4) is 0 Å². The van der Waals surface area contributed by atoms with Crippen LogP contribution in [0.3, 0.4) is 0 Å². The summed E-state index contributed by atoms with van der Waals surface area (Å²) in [5.41, 5.74) is 2.05. The third-order valence-electron chi connectivity index (χ3n) is 3.94. The van der Waals surface area contributed by atoms with E-state index >= 15 is 0 Å². The summed E-state index contributed by atoms with van der Waals surface area (Å²) in [6.07, 6.45) is 0.948. The van der Waals surface area contributed by atoms with Crippen molar-refractivity contribution in [2.24, 2.45) is 0 Å². The Balaban J connectivity index is 1.58. The molecule has 6 heteroatoms. The first-order chi connectivity index (χ1) is 11.6. The molecule has 0 radical (unpaired) electrons. The number of carbonyl (C=O) groups excluding carboxylic acids is 1. The van der Waals surface area contributed by atoms with Gasteiger partial charge in [0, 0.05) is 24.7 Å². The van der Waals surface area contributed by atoms with Gasteiger partial charge in [0.15, 0.2) is 0 Å². The van der Waals surface area contributed by atoms with Gasteiger partial charge in [-0.15, -0.1) is 11.8 Å². The Morgan fingerprint density at radius 3 is 2.92 bits per heavy atom. The number of benzene rings is 1. The lowest BCUT2D eigenvalue weighted by molar-refractivity contribution is 0.236. The second kappa shape index (κ2) is 7.57. The lowest BCUT2D eigenvalue weighted by atomic mass is 10.0. The molecule has 5 nitrogen and oxygen atoms in total. The number of urea groups is 1. The van der Waals surface area contributed by atoms with Gasteiger partial charge in [0.05, 0.1) is 18.3 Å². The fourth-order valence-electron chi connectivity index (χ4n) is 2.69. The summed E-state index contributed by atoms with van der Waals surface area (Å²) in [5, 5.41) is 5.99. The van der Waals surface area contributed by atoms with Crippen molar-refractivity contribution in [2.45, 2.75) is 23.9 Å². The highest BCUT2D eigenvalue weighted by Crippen LogP contribution is 2.35. The number of rotatable bonds is 4. The molecule has 0 aliphatic carbocycles. The van der Waals surface area contributed by atoms with Gasteiger partial charge in [-0.05, 0) is 30.2 Å². The summed E-state index contributed by atoms with van der Waals surface area (Å²) < 4.78 is 0. The number of amides is 2. The molecule has 3 rings (SSSR count). The summed E-state index contributed by atoms with van der Waals surface area (Å²) in [6.45, 7) is 0.413. The third-order valence-corrected chi connectivity index (χ3v) is 5.07. The highest BCUT2D eigenvalue weighted by Gasteiger charge is 2.21. The number of fused-ring (bicyclic) bond motifs is 1. The van der Waals surface area contributed by atoms with Gasteiger partial charge in [-0.2, -0.15) is 0 Å². The van der Waals surface area contributed by atoms with Crippen LogP contribution >= 0.6 is 11.8 Å². The minimum atomic E-state index is -0.154. The fourth-order valence-corrected chi connectivity index (χ4v) is 3.81. The van der Waals surface area contributed by atoms with Gasteiger partial charge in [-0.25, -0.2) is 9.78 Å². The minimum Gasteiger partial charge on any atom is -0.363 e. The molecule has 1 aliphatic heterocycles. The fraction of sp³-hybridized carbons (Fsp3) is 0.333. The van der Waals surface area contributed by atoms with E-state index in [0.717, 1.165) is 23.7 Å². The normalized spacial score (nSPS) is 16.2. The van der Waals surface area contributed by atoms with Crippen LogP contribution in [0, 0.1) is 0 Å². The zero-order valence-corrected chi connectivity index (χ0v) is 14.8. The molecule has 0 saturated heterocycles. The maximum absolute atomic E-state index is 12.2. The van der Waals surface area contributed by atoms with Gasteiger partial charge >= 0.3 is 6.03 Å². The quantitative estimate of drug-likeness (QED) is 0.896. The number of anilines is 1. The van der Waals surface area contributed by atoms with E-state index in [-0.39, 0.29) is 12.1 Å². The Morgan fingerprint density at radius 2 is 2.08 bits per heavy atom. The summed E-state index contributed by atoms with van der Waals surface area (Å²) >= 11 is 1.85.